The third-order valence-corrected chi connectivity index (χ3v) is 3.70. The van der Waals surface area contributed by atoms with Gasteiger partial charge in [0, 0.05) is 5.56 Å². The van der Waals surface area contributed by atoms with E-state index in [0.717, 1.165) is 22.3 Å². The summed E-state index contributed by atoms with van der Waals surface area (Å²) in [5.74, 6) is 7.05. The maximum absolute atomic E-state index is 6.08. The minimum Gasteiger partial charge on any atom is -0.457 e. The third kappa shape index (κ3) is 3.36. The minimum atomic E-state index is -0.574. The normalized spacial score (nSPS) is 11.5. The van der Waals surface area contributed by atoms with Crippen LogP contribution < -0.4 is 4.74 Å². The second-order valence-electron chi connectivity index (χ2n) is 5.44. The molecule has 0 N–H and O–H groups in total. The van der Waals surface area contributed by atoms with Crippen LogP contribution in [0.1, 0.15) is 11.8 Å². The molecule has 4 rings (SSSR count). The number of aromatic nitrogens is 3. The van der Waals surface area contributed by atoms with Gasteiger partial charge in [0.25, 0.3) is 6.23 Å². The molecular formula is C21H15N3O. The molecule has 25 heavy (non-hydrogen) atoms. The summed E-state index contributed by atoms with van der Waals surface area (Å²) < 4.78 is 7.78. The molecule has 0 bridgehead atoms. The van der Waals surface area contributed by atoms with E-state index in [0.29, 0.717) is 0 Å². The fraction of sp³-hybridized carbons (Fsp3) is 0.0476. The molecule has 1 atom stereocenters. The van der Waals surface area contributed by atoms with Crippen molar-refractivity contribution in [2.45, 2.75) is 6.23 Å². The van der Waals surface area contributed by atoms with Crippen molar-refractivity contribution < 1.29 is 4.74 Å². The van der Waals surface area contributed by atoms with E-state index in [1.165, 1.54) is 0 Å². The summed E-state index contributed by atoms with van der Waals surface area (Å²) in [5.41, 5.74) is 2.62. The lowest BCUT2D eigenvalue weighted by molar-refractivity contribution is 0.179. The first-order chi connectivity index (χ1) is 12.4. The van der Waals surface area contributed by atoms with E-state index in [-0.39, 0.29) is 0 Å². The number of hydrogen-bond acceptors (Lipinski definition) is 3. The summed E-state index contributed by atoms with van der Waals surface area (Å²) in [6, 6.07) is 27.2. The van der Waals surface area contributed by atoms with Crippen molar-refractivity contribution in [2.24, 2.45) is 0 Å². The Morgan fingerprint density at radius 2 is 1.48 bits per heavy atom. The Kier molecular flexibility index (Phi) is 4.13. The summed E-state index contributed by atoms with van der Waals surface area (Å²) >= 11 is 0. The highest BCUT2D eigenvalue weighted by Crippen LogP contribution is 2.20. The van der Waals surface area contributed by atoms with Gasteiger partial charge in [-0.15, -0.1) is 5.10 Å². The van der Waals surface area contributed by atoms with Gasteiger partial charge in [0.05, 0.1) is 5.52 Å². The first-order valence-electron chi connectivity index (χ1n) is 7.98. The van der Waals surface area contributed by atoms with E-state index in [4.69, 9.17) is 4.74 Å². The zero-order valence-corrected chi connectivity index (χ0v) is 13.4. The highest BCUT2D eigenvalue weighted by molar-refractivity contribution is 5.74. The maximum Gasteiger partial charge on any atom is 0.256 e. The highest BCUT2D eigenvalue weighted by atomic mass is 16.5. The lowest BCUT2D eigenvalue weighted by Crippen LogP contribution is -2.15. The molecule has 0 radical (unpaired) electrons. The van der Waals surface area contributed by atoms with Crippen molar-refractivity contribution in [1.82, 2.24) is 15.0 Å². The molecule has 4 aromatic rings. The molecule has 1 heterocycles. The average Bonchev–Trinajstić information content (AvgIpc) is 3.11. The van der Waals surface area contributed by atoms with Crippen LogP contribution in [0.3, 0.4) is 0 Å². The molecule has 0 aliphatic carbocycles. The van der Waals surface area contributed by atoms with Crippen LogP contribution in [0.2, 0.25) is 0 Å². The van der Waals surface area contributed by atoms with Crippen molar-refractivity contribution in [3.8, 4) is 17.6 Å². The van der Waals surface area contributed by atoms with Crippen LogP contribution in [0.5, 0.6) is 5.75 Å². The molecule has 4 nitrogen and oxygen atoms in total. The van der Waals surface area contributed by atoms with Crippen molar-refractivity contribution in [1.29, 1.82) is 0 Å². The fourth-order valence-corrected chi connectivity index (χ4v) is 2.50. The fourth-order valence-electron chi connectivity index (χ4n) is 2.50. The summed E-state index contributed by atoms with van der Waals surface area (Å²) in [6.45, 7) is 0. The molecule has 0 saturated heterocycles. The van der Waals surface area contributed by atoms with Gasteiger partial charge in [-0.2, -0.15) is 4.68 Å². The van der Waals surface area contributed by atoms with Gasteiger partial charge in [-0.3, -0.25) is 0 Å². The maximum atomic E-state index is 6.08. The number of nitrogens with zero attached hydrogens (tertiary/aromatic N) is 3. The van der Waals surface area contributed by atoms with E-state index in [1.807, 2.05) is 84.9 Å². The van der Waals surface area contributed by atoms with Gasteiger partial charge in [0.2, 0.25) is 0 Å². The highest BCUT2D eigenvalue weighted by Gasteiger charge is 2.15. The molecule has 3 aromatic carbocycles. The van der Waals surface area contributed by atoms with E-state index in [9.17, 15) is 0 Å². The van der Waals surface area contributed by atoms with Crippen molar-refractivity contribution in [3.63, 3.8) is 0 Å². The van der Waals surface area contributed by atoms with Crippen LogP contribution in [-0.4, -0.2) is 15.0 Å². The second kappa shape index (κ2) is 6.90. The number of hydrogen-bond donors (Lipinski definition) is 0. The summed E-state index contributed by atoms with van der Waals surface area (Å²) in [6.07, 6.45) is -0.574. The zero-order valence-electron chi connectivity index (χ0n) is 13.4. The Morgan fingerprint density at radius 3 is 2.28 bits per heavy atom. The lowest BCUT2D eigenvalue weighted by atomic mass is 10.2. The number of para-hydroxylation sites is 2. The van der Waals surface area contributed by atoms with Gasteiger partial charge in [-0.1, -0.05) is 59.7 Å². The molecule has 1 aromatic heterocycles. The van der Waals surface area contributed by atoms with Crippen LogP contribution >= 0.6 is 0 Å². The Morgan fingerprint density at radius 1 is 0.800 bits per heavy atom. The summed E-state index contributed by atoms with van der Waals surface area (Å²) in [5, 5.41) is 8.44. The minimum absolute atomic E-state index is 0.574. The van der Waals surface area contributed by atoms with E-state index < -0.39 is 6.23 Å². The van der Waals surface area contributed by atoms with Crippen LogP contribution in [0.25, 0.3) is 11.0 Å². The van der Waals surface area contributed by atoms with E-state index in [1.54, 1.807) is 4.68 Å². The number of rotatable bonds is 3. The monoisotopic (exact) mass is 325 g/mol. The molecule has 0 spiro atoms. The molecule has 120 valence electrons. The summed E-state index contributed by atoms with van der Waals surface area (Å²) in [7, 11) is 0. The van der Waals surface area contributed by atoms with Crippen LogP contribution in [0.15, 0.2) is 84.9 Å². The smallest absolute Gasteiger partial charge is 0.256 e. The molecule has 0 fully saturated rings. The van der Waals surface area contributed by atoms with Gasteiger partial charge in [0.15, 0.2) is 0 Å². The predicted octanol–water partition coefficient (Wildman–Crippen LogP) is 4.06. The number of benzene rings is 3. The van der Waals surface area contributed by atoms with Crippen LogP contribution in [0.4, 0.5) is 0 Å². The van der Waals surface area contributed by atoms with Crippen molar-refractivity contribution in [2.75, 3.05) is 0 Å². The lowest BCUT2D eigenvalue weighted by Gasteiger charge is -2.14. The number of fused-ring (bicyclic) bond motifs is 1. The second-order valence-corrected chi connectivity index (χ2v) is 5.44. The van der Waals surface area contributed by atoms with Crippen molar-refractivity contribution in [3.05, 3.63) is 90.5 Å². The Labute approximate surface area is 145 Å². The molecule has 0 aliphatic heterocycles. The van der Waals surface area contributed by atoms with Gasteiger partial charge in [-0.05, 0) is 42.3 Å². The molecule has 0 saturated carbocycles. The van der Waals surface area contributed by atoms with Crippen LogP contribution in [-0.2, 0) is 0 Å². The SMILES string of the molecule is C(#CC(Oc1ccccc1)n1nnc2ccccc21)c1ccccc1. The molecule has 1 unspecified atom stereocenters. The average molecular weight is 325 g/mol. The van der Waals surface area contributed by atoms with Crippen molar-refractivity contribution >= 4 is 11.0 Å². The van der Waals surface area contributed by atoms with Gasteiger partial charge < -0.3 is 4.74 Å². The Hall–Kier alpha value is -3.58. The molecular weight excluding hydrogens is 310 g/mol. The molecule has 0 aliphatic rings. The quantitative estimate of drug-likeness (QED) is 0.533. The third-order valence-electron chi connectivity index (χ3n) is 3.70. The Balaban J connectivity index is 1.74. The molecule has 4 heteroatoms. The van der Waals surface area contributed by atoms with E-state index >= 15 is 0 Å². The predicted molar refractivity (Wildman–Crippen MR) is 97.0 cm³/mol. The summed E-state index contributed by atoms with van der Waals surface area (Å²) in [4.78, 5) is 0. The standard InChI is InChI=1S/C21H15N3O/c1-3-9-17(10-4-1)15-16-21(25-18-11-5-2-6-12-18)24-20-14-8-7-13-19(20)22-23-24/h1-14,21H. The van der Waals surface area contributed by atoms with Gasteiger partial charge >= 0.3 is 0 Å². The first kappa shape index (κ1) is 15.0. The van der Waals surface area contributed by atoms with E-state index in [2.05, 4.69) is 22.2 Å². The number of ether oxygens (including phenoxy) is 1. The molecule has 0 amide bonds. The van der Waals surface area contributed by atoms with Crippen LogP contribution in [0, 0.1) is 11.8 Å². The van der Waals surface area contributed by atoms with Gasteiger partial charge in [0.1, 0.15) is 11.3 Å². The zero-order chi connectivity index (χ0) is 16.9. The topological polar surface area (TPSA) is 39.9 Å². The largest absolute Gasteiger partial charge is 0.457 e. The Bertz CT molecular complexity index is 1030. The van der Waals surface area contributed by atoms with Gasteiger partial charge in [-0.25, -0.2) is 0 Å². The first-order valence-corrected chi connectivity index (χ1v) is 7.98.